The highest BCUT2D eigenvalue weighted by atomic mass is 19.4. The molecule has 49 heavy (non-hydrogen) atoms. The minimum atomic E-state index is -4.74. The van der Waals surface area contributed by atoms with Gasteiger partial charge in [-0.15, -0.1) is 5.10 Å². The maximum Gasteiger partial charge on any atom is 0.416 e. The average Bonchev–Trinajstić information content (AvgIpc) is 3.44. The van der Waals surface area contributed by atoms with Gasteiger partial charge in [0.15, 0.2) is 12.1 Å². The van der Waals surface area contributed by atoms with Gasteiger partial charge in [0.05, 0.1) is 58.7 Å². The predicted octanol–water partition coefficient (Wildman–Crippen LogP) is 7.54. The van der Waals surface area contributed by atoms with E-state index in [-0.39, 0.29) is 40.9 Å². The molecule has 1 aliphatic heterocycles. The maximum absolute atomic E-state index is 13.4. The Morgan fingerprint density at radius 1 is 1.00 bits per heavy atom. The summed E-state index contributed by atoms with van der Waals surface area (Å²) in [7, 11) is 0. The van der Waals surface area contributed by atoms with Gasteiger partial charge in [-0.05, 0) is 97.6 Å². The highest BCUT2D eigenvalue weighted by Gasteiger charge is 2.33. The minimum absolute atomic E-state index is 0.0156. The molecule has 1 unspecified atom stereocenters. The molecule has 1 aromatic heterocycles. The molecule has 2 heterocycles. The van der Waals surface area contributed by atoms with Crippen molar-refractivity contribution in [2.24, 2.45) is 0 Å². The van der Waals surface area contributed by atoms with Crippen molar-refractivity contribution in [1.29, 1.82) is 0 Å². The lowest BCUT2D eigenvalue weighted by Gasteiger charge is -2.30. The van der Waals surface area contributed by atoms with Crippen LogP contribution in [-0.2, 0) is 31.8 Å². The van der Waals surface area contributed by atoms with Crippen LogP contribution >= 0.6 is 0 Å². The second kappa shape index (κ2) is 16.4. The van der Waals surface area contributed by atoms with Crippen LogP contribution in [0.15, 0.2) is 42.6 Å². The van der Waals surface area contributed by atoms with Crippen molar-refractivity contribution in [2.45, 2.75) is 104 Å². The second-order valence-electron chi connectivity index (χ2n) is 13.4. The number of hydrogen-bond acceptors (Lipinski definition) is 8. The first-order valence-electron chi connectivity index (χ1n) is 15.7. The Hall–Kier alpha value is -4.34. The minimum Gasteiger partial charge on any atom is -0.465 e. The van der Waals surface area contributed by atoms with E-state index in [9.17, 15) is 27.6 Å². The highest BCUT2D eigenvalue weighted by molar-refractivity contribution is 6.12. The Morgan fingerprint density at radius 2 is 1.67 bits per heavy atom. The molecule has 1 saturated heterocycles. The Balaban J connectivity index is 0.000000635. The van der Waals surface area contributed by atoms with E-state index in [2.05, 4.69) is 57.2 Å². The third kappa shape index (κ3) is 12.9. The van der Waals surface area contributed by atoms with Gasteiger partial charge in [-0.25, -0.2) is 9.48 Å². The molecule has 0 radical (unpaired) electrons. The molecular weight excluding hydrogens is 647 g/mol. The van der Waals surface area contributed by atoms with E-state index < -0.39 is 41.6 Å². The quantitative estimate of drug-likeness (QED) is 0.153. The molecule has 0 aliphatic carbocycles. The molecule has 3 aromatic rings. The number of aryl methyl sites for hydroxylation is 1. The van der Waals surface area contributed by atoms with Crippen LogP contribution in [0.4, 0.5) is 29.3 Å². The molecule has 1 fully saturated rings. The number of nitrogens with zero attached hydrogens (tertiary/aromatic N) is 3. The lowest BCUT2D eigenvalue weighted by atomic mass is 10.0. The average molecular weight is 692 g/mol. The van der Waals surface area contributed by atoms with Gasteiger partial charge in [-0.3, -0.25) is 14.9 Å². The van der Waals surface area contributed by atoms with E-state index in [1.54, 1.807) is 12.1 Å². The Labute approximate surface area is 283 Å². The van der Waals surface area contributed by atoms with Gasteiger partial charge >= 0.3 is 12.3 Å². The van der Waals surface area contributed by atoms with Crippen molar-refractivity contribution in [1.82, 2.24) is 15.0 Å². The molecule has 3 N–H and O–H groups in total. The van der Waals surface area contributed by atoms with E-state index in [0.29, 0.717) is 24.1 Å². The fraction of sp³-hybridized carbons (Fsp3) is 0.500. The first-order chi connectivity index (χ1) is 22.7. The summed E-state index contributed by atoms with van der Waals surface area (Å²) in [5.41, 5.74) is -0.790. The summed E-state index contributed by atoms with van der Waals surface area (Å²) >= 11 is 0. The van der Waals surface area contributed by atoms with Crippen LogP contribution in [0.2, 0.25) is 0 Å². The zero-order chi connectivity index (χ0) is 36.6. The number of alkyl halides is 3. The number of Topliss-reactive ketones (excluding diaryl/α,β-unsaturated/α-hetero) is 1. The van der Waals surface area contributed by atoms with Crippen LogP contribution in [0.3, 0.4) is 0 Å². The van der Waals surface area contributed by atoms with E-state index in [1.807, 2.05) is 5.32 Å². The van der Waals surface area contributed by atoms with E-state index in [1.165, 1.54) is 23.0 Å². The molecule has 1 aliphatic rings. The van der Waals surface area contributed by atoms with Crippen LogP contribution < -0.4 is 10.6 Å². The van der Waals surface area contributed by atoms with Gasteiger partial charge in [0.2, 0.25) is 5.91 Å². The normalized spacial score (nSPS) is 15.2. The Kier molecular flexibility index (Phi) is 13.1. The molecule has 1 atom stereocenters. The topological polar surface area (TPSA) is 154 Å². The summed E-state index contributed by atoms with van der Waals surface area (Å²) in [6.45, 7) is 14.4. The maximum atomic E-state index is 13.4. The summed E-state index contributed by atoms with van der Waals surface area (Å²) in [5.74, 6) is -1.55. The van der Waals surface area contributed by atoms with Crippen molar-refractivity contribution in [3.05, 3.63) is 65.0 Å². The number of halogens is 3. The van der Waals surface area contributed by atoms with E-state index in [0.717, 1.165) is 32.3 Å². The van der Waals surface area contributed by atoms with Crippen LogP contribution in [-0.4, -0.2) is 62.0 Å². The largest absolute Gasteiger partial charge is 0.465 e. The fourth-order valence-corrected chi connectivity index (χ4v) is 5.10. The number of carbonyl (C=O) groups excluding carboxylic acids is 2. The summed E-state index contributed by atoms with van der Waals surface area (Å²) in [5, 5.41) is 21.2. The monoisotopic (exact) mass is 691 g/mol. The van der Waals surface area contributed by atoms with Gasteiger partial charge in [0, 0.05) is 12.2 Å². The first-order valence-corrected chi connectivity index (χ1v) is 15.7. The van der Waals surface area contributed by atoms with Crippen molar-refractivity contribution < 1.29 is 46.9 Å². The zero-order valence-electron chi connectivity index (χ0n) is 28.7. The van der Waals surface area contributed by atoms with Crippen molar-refractivity contribution in [3.63, 3.8) is 0 Å². The van der Waals surface area contributed by atoms with Gasteiger partial charge < -0.3 is 24.6 Å². The summed E-state index contributed by atoms with van der Waals surface area (Å²) < 4.78 is 58.6. The first kappa shape index (κ1) is 39.1. The van der Waals surface area contributed by atoms with Crippen molar-refractivity contribution in [2.75, 3.05) is 17.2 Å². The molecular formula is C34H44F3N5O7. The molecule has 15 heteroatoms. The van der Waals surface area contributed by atoms with Crippen LogP contribution in [0, 0.1) is 6.92 Å². The van der Waals surface area contributed by atoms with E-state index in [4.69, 9.17) is 19.3 Å². The van der Waals surface area contributed by atoms with Crippen molar-refractivity contribution in [3.8, 4) is 5.69 Å². The number of carboxylic acid groups (broad SMARTS) is 1. The van der Waals surface area contributed by atoms with Gasteiger partial charge in [0.1, 0.15) is 0 Å². The summed E-state index contributed by atoms with van der Waals surface area (Å²) in [4.78, 5) is 36.6. The van der Waals surface area contributed by atoms with Crippen LogP contribution in [0.1, 0.15) is 94.4 Å². The third-order valence-electron chi connectivity index (χ3n) is 6.71. The third-order valence-corrected chi connectivity index (χ3v) is 6.71. The Morgan fingerprint density at radius 3 is 2.24 bits per heavy atom. The number of benzene rings is 2. The highest BCUT2D eigenvalue weighted by Crippen LogP contribution is 2.37. The second-order valence-corrected chi connectivity index (χ2v) is 13.4. The predicted molar refractivity (Wildman–Crippen MR) is 176 cm³/mol. The molecule has 2 amide bonds. The fourth-order valence-electron chi connectivity index (χ4n) is 5.10. The van der Waals surface area contributed by atoms with Crippen LogP contribution in [0.5, 0.6) is 0 Å². The summed E-state index contributed by atoms with van der Waals surface area (Å²) in [6.07, 6.45) is -3.02. The number of nitrogens with one attached hydrogen (secondary N) is 2. The molecule has 268 valence electrons. The number of anilines is 2. The number of carbonyl (C=O) groups is 3. The molecule has 4 rings (SSSR count). The molecule has 0 bridgehead atoms. The SMILES string of the molecule is CC(C)(C)OC(C)(C)C.Cc1cc(NC(=O)O)c(NC(=O)CC(=O)c2cccc(-n3nncc3COC3CCCCO3)c2)cc1C(F)(F)F. The van der Waals surface area contributed by atoms with E-state index >= 15 is 0 Å². The van der Waals surface area contributed by atoms with Gasteiger partial charge in [-0.1, -0.05) is 17.3 Å². The molecule has 0 spiro atoms. The number of ketones is 1. The van der Waals surface area contributed by atoms with Crippen LogP contribution in [0.25, 0.3) is 5.69 Å². The number of rotatable bonds is 9. The molecule has 12 nitrogen and oxygen atoms in total. The summed E-state index contributed by atoms with van der Waals surface area (Å²) in [6, 6.07) is 7.82. The number of ether oxygens (including phenoxy) is 3. The smallest absolute Gasteiger partial charge is 0.416 e. The zero-order valence-corrected chi connectivity index (χ0v) is 28.7. The lowest BCUT2D eigenvalue weighted by Crippen LogP contribution is -2.31. The lowest BCUT2D eigenvalue weighted by molar-refractivity contribution is -0.169. The van der Waals surface area contributed by atoms with Gasteiger partial charge in [-0.2, -0.15) is 13.2 Å². The number of amides is 2. The molecule has 0 saturated carbocycles. The van der Waals surface area contributed by atoms with Gasteiger partial charge in [0.25, 0.3) is 0 Å². The number of hydrogen-bond donors (Lipinski definition) is 3. The standard InChI is InChI=1S/C26H26F3N5O6.C8H18O/c1-15-9-20(32-25(37)38)21(11-19(15)26(27,28)29)31-23(36)12-22(35)16-5-4-6-17(10-16)34-18(13-30-33-34)14-40-24-7-2-3-8-39-24;1-7(2,3)9-8(4,5)6/h4-6,9-11,13,24,32H,2-3,7-8,12,14H2,1H3,(H,31,36)(H,37,38);1-6H3. The Bertz CT molecular complexity index is 1590. The molecule has 2 aromatic carbocycles. The van der Waals surface area contributed by atoms with Crippen molar-refractivity contribution >= 4 is 29.2 Å². The number of aromatic nitrogens is 3.